The van der Waals surface area contributed by atoms with Gasteiger partial charge in [0.1, 0.15) is 0 Å². The van der Waals surface area contributed by atoms with Crippen LogP contribution in [0.3, 0.4) is 0 Å². The van der Waals surface area contributed by atoms with Crippen LogP contribution in [-0.2, 0) is 0 Å². The average Bonchev–Trinajstić information content (AvgIpc) is 2.85. The molecule has 5 rings (SSSR count). The third-order valence-electron chi connectivity index (χ3n) is 4.92. The average molecular weight is 426 g/mol. The summed E-state index contributed by atoms with van der Waals surface area (Å²) < 4.78 is 0. The van der Waals surface area contributed by atoms with Crippen molar-refractivity contribution in [3.63, 3.8) is 0 Å². The van der Waals surface area contributed by atoms with E-state index < -0.39 is 0 Å². The second-order valence-corrected chi connectivity index (χ2v) is 7.40. The molecule has 148 valence electrons. The minimum Gasteiger partial charge on any atom is -0.209 e. The fraction of sp³-hybridized carbons (Fsp3) is 0. The van der Waals surface area contributed by atoms with E-state index in [-0.39, 0.29) is 18.9 Å². The van der Waals surface area contributed by atoms with Crippen molar-refractivity contribution in [3.05, 3.63) is 114 Å². The van der Waals surface area contributed by atoms with Crippen molar-refractivity contribution in [2.75, 3.05) is 0 Å². The van der Waals surface area contributed by atoms with Crippen molar-refractivity contribution < 1.29 is 18.9 Å². The monoisotopic (exact) mass is 425 g/mol. The van der Waals surface area contributed by atoms with Gasteiger partial charge in [-0.2, -0.15) is 0 Å². The minimum atomic E-state index is 0. The van der Waals surface area contributed by atoms with Crippen molar-refractivity contribution in [2.45, 2.75) is 0 Å². The summed E-state index contributed by atoms with van der Waals surface area (Å²) in [4.78, 5) is 14.4. The van der Waals surface area contributed by atoms with Gasteiger partial charge in [-0.05, 0) is 10.6 Å². The van der Waals surface area contributed by atoms with Gasteiger partial charge in [0.15, 0.2) is 17.5 Å². The summed E-state index contributed by atoms with van der Waals surface area (Å²) in [5.74, 6) is 1.88. The molecule has 0 atom stereocenters. The van der Waals surface area contributed by atoms with E-state index in [1.54, 1.807) is 0 Å². The first-order valence-electron chi connectivity index (χ1n) is 9.92. The van der Waals surface area contributed by atoms with E-state index >= 15 is 0 Å². The Morgan fingerprint density at radius 2 is 1.00 bits per heavy atom. The van der Waals surface area contributed by atoms with E-state index in [1.807, 2.05) is 103 Å². The number of hydrogen-bond acceptors (Lipinski definition) is 3. The van der Waals surface area contributed by atoms with Gasteiger partial charge in [0.25, 0.3) is 0 Å². The zero-order valence-corrected chi connectivity index (χ0v) is 18.3. The summed E-state index contributed by atoms with van der Waals surface area (Å²) in [5, 5.41) is 0.567. The predicted molar refractivity (Wildman–Crippen MR) is 125 cm³/mol. The molecule has 0 fully saturated rings. The maximum absolute atomic E-state index is 6.21. The summed E-state index contributed by atoms with van der Waals surface area (Å²) in [7, 11) is 0. The summed E-state index contributed by atoms with van der Waals surface area (Å²) in [6.07, 6.45) is 0. The standard InChI is InChI=1S/C27H17ClN3.Li/c28-22-15-9-14-21(18-22)23-16-7-8-17-24(23)27-30-25(19-10-3-1-4-11-19)29-26(31-27)20-12-5-2-6-13-20;/h1-17H;/q-1;+1. The van der Waals surface area contributed by atoms with Crippen molar-refractivity contribution in [1.82, 2.24) is 15.0 Å². The van der Waals surface area contributed by atoms with Gasteiger partial charge in [-0.25, -0.2) is 15.0 Å². The number of aromatic nitrogens is 3. The third-order valence-corrected chi connectivity index (χ3v) is 5.14. The molecule has 5 heteroatoms. The summed E-state index contributed by atoms with van der Waals surface area (Å²) in [6.45, 7) is 0. The number of hydrogen-bond donors (Lipinski definition) is 0. The van der Waals surface area contributed by atoms with E-state index in [2.05, 4.69) is 6.07 Å². The summed E-state index contributed by atoms with van der Waals surface area (Å²) in [6, 6.07) is 36.9. The third kappa shape index (κ3) is 4.66. The molecular formula is C27H17ClLiN3. The SMILES string of the molecule is Clc1[c-]c(-c2ccccc2-c2nc(-c3ccccc3)nc(-c3ccccc3)n2)ccc1.[Li+]. The van der Waals surface area contributed by atoms with Crippen molar-refractivity contribution in [3.8, 4) is 45.3 Å². The molecule has 0 radical (unpaired) electrons. The fourth-order valence-electron chi connectivity index (χ4n) is 3.44. The van der Waals surface area contributed by atoms with Crippen LogP contribution in [-0.4, -0.2) is 15.0 Å². The fourth-order valence-corrected chi connectivity index (χ4v) is 3.61. The molecule has 0 amide bonds. The van der Waals surface area contributed by atoms with E-state index in [4.69, 9.17) is 26.6 Å². The first-order chi connectivity index (χ1) is 15.3. The molecule has 0 saturated carbocycles. The Kier molecular flexibility index (Phi) is 6.83. The molecule has 0 aliphatic heterocycles. The van der Waals surface area contributed by atoms with Gasteiger partial charge in [-0.1, -0.05) is 90.5 Å². The zero-order chi connectivity index (χ0) is 21.0. The summed E-state index contributed by atoms with van der Waals surface area (Å²) in [5.41, 5.74) is 4.64. The summed E-state index contributed by atoms with van der Waals surface area (Å²) >= 11 is 6.21. The Hall–Kier alpha value is -3.22. The molecule has 1 heterocycles. The zero-order valence-electron chi connectivity index (χ0n) is 17.5. The van der Waals surface area contributed by atoms with Crippen LogP contribution in [0.1, 0.15) is 0 Å². The van der Waals surface area contributed by atoms with Gasteiger partial charge < -0.3 is 0 Å². The van der Waals surface area contributed by atoms with Crippen molar-refractivity contribution >= 4 is 11.6 Å². The number of benzene rings is 4. The molecule has 0 unspecified atom stereocenters. The molecule has 32 heavy (non-hydrogen) atoms. The van der Waals surface area contributed by atoms with Gasteiger partial charge in [0, 0.05) is 11.1 Å². The Morgan fingerprint density at radius 1 is 0.500 bits per heavy atom. The maximum Gasteiger partial charge on any atom is 1.00 e. The molecule has 3 nitrogen and oxygen atoms in total. The minimum absolute atomic E-state index is 0. The van der Waals surface area contributed by atoms with Crippen LogP contribution in [0.5, 0.6) is 0 Å². The Bertz CT molecular complexity index is 1280. The van der Waals surface area contributed by atoms with Crippen molar-refractivity contribution in [1.29, 1.82) is 0 Å². The molecule has 4 aromatic carbocycles. The van der Waals surface area contributed by atoms with Crippen LogP contribution in [0, 0.1) is 6.07 Å². The molecular weight excluding hydrogens is 409 g/mol. The first kappa shape index (κ1) is 22.0. The maximum atomic E-state index is 6.21. The van der Waals surface area contributed by atoms with E-state index in [9.17, 15) is 0 Å². The molecule has 0 N–H and O–H groups in total. The van der Waals surface area contributed by atoms with E-state index in [0.717, 1.165) is 27.8 Å². The first-order valence-corrected chi connectivity index (χ1v) is 10.3. The molecule has 1 aromatic heterocycles. The number of rotatable bonds is 4. The Balaban J connectivity index is 0.00000245. The van der Waals surface area contributed by atoms with Gasteiger partial charge in [0.2, 0.25) is 0 Å². The van der Waals surface area contributed by atoms with Crippen LogP contribution < -0.4 is 18.9 Å². The normalized spacial score (nSPS) is 10.4. The second kappa shape index (κ2) is 9.93. The van der Waals surface area contributed by atoms with Crippen LogP contribution in [0.2, 0.25) is 5.02 Å². The van der Waals surface area contributed by atoms with Gasteiger partial charge in [-0.15, -0.1) is 41.4 Å². The van der Waals surface area contributed by atoms with Crippen LogP contribution in [0.15, 0.2) is 103 Å². The van der Waals surface area contributed by atoms with Gasteiger partial charge >= 0.3 is 18.9 Å². The largest absolute Gasteiger partial charge is 1.00 e. The number of nitrogens with zero attached hydrogens (tertiary/aromatic N) is 3. The smallest absolute Gasteiger partial charge is 0.209 e. The molecule has 0 bridgehead atoms. The Morgan fingerprint density at radius 3 is 1.56 bits per heavy atom. The van der Waals surface area contributed by atoms with Crippen LogP contribution in [0.4, 0.5) is 0 Å². The molecule has 0 saturated heterocycles. The molecule has 0 aliphatic rings. The molecule has 5 aromatic rings. The van der Waals surface area contributed by atoms with E-state index in [1.165, 1.54) is 0 Å². The van der Waals surface area contributed by atoms with Crippen LogP contribution >= 0.6 is 11.6 Å². The van der Waals surface area contributed by atoms with Crippen LogP contribution in [0.25, 0.3) is 45.3 Å². The molecule has 0 aliphatic carbocycles. The van der Waals surface area contributed by atoms with Gasteiger partial charge in [-0.3, -0.25) is 0 Å². The second-order valence-electron chi connectivity index (χ2n) is 7.00. The van der Waals surface area contributed by atoms with E-state index in [0.29, 0.717) is 22.5 Å². The molecule has 0 spiro atoms. The quantitative estimate of drug-likeness (QED) is 0.323. The van der Waals surface area contributed by atoms with Gasteiger partial charge in [0.05, 0.1) is 0 Å². The number of halogens is 1. The van der Waals surface area contributed by atoms with Crippen molar-refractivity contribution in [2.24, 2.45) is 0 Å². The predicted octanol–water partition coefficient (Wildman–Crippen LogP) is 4.00. The topological polar surface area (TPSA) is 38.7 Å². The Labute approximate surface area is 204 Å².